The van der Waals surface area contributed by atoms with Crippen LogP contribution in [0.1, 0.15) is 11.3 Å². The Morgan fingerprint density at radius 3 is 2.92 bits per heavy atom. The molecule has 0 atom stereocenters. The molecule has 62 valence electrons. The first-order chi connectivity index (χ1) is 5.70. The first-order valence-electron chi connectivity index (χ1n) is 3.62. The van der Waals surface area contributed by atoms with Gasteiger partial charge in [-0.1, -0.05) is 0 Å². The highest BCUT2D eigenvalue weighted by atomic mass is 15.3. The van der Waals surface area contributed by atoms with Gasteiger partial charge in [0.25, 0.3) is 5.78 Å². The van der Waals surface area contributed by atoms with E-state index in [0.717, 1.165) is 11.3 Å². The van der Waals surface area contributed by atoms with Crippen molar-refractivity contribution in [1.29, 1.82) is 0 Å². The molecule has 2 aromatic heterocycles. The van der Waals surface area contributed by atoms with E-state index in [1.165, 1.54) is 10.8 Å². The number of nitrogens with zero attached hydrogens (tertiary/aromatic N) is 4. The molecule has 5 nitrogen and oxygen atoms in total. The normalized spacial score (nSPS) is 10.8. The summed E-state index contributed by atoms with van der Waals surface area (Å²) in [6, 6.07) is 0. The molecule has 0 fully saturated rings. The summed E-state index contributed by atoms with van der Waals surface area (Å²) in [7, 11) is 0. The van der Waals surface area contributed by atoms with Crippen LogP contribution in [0.2, 0.25) is 0 Å². The van der Waals surface area contributed by atoms with Crippen LogP contribution >= 0.6 is 0 Å². The van der Waals surface area contributed by atoms with Crippen molar-refractivity contribution in [3.8, 4) is 0 Å². The predicted octanol–water partition coefficient (Wildman–Crippen LogP) is 0.323. The fraction of sp³-hybridized carbons (Fsp3) is 0.286. The van der Waals surface area contributed by atoms with Crippen LogP contribution in [0.15, 0.2) is 6.33 Å². The Hall–Kier alpha value is -1.65. The van der Waals surface area contributed by atoms with Gasteiger partial charge < -0.3 is 5.73 Å². The Bertz CT molecular complexity index is 431. The SMILES string of the molecule is Cc1nc2ncnn2c(N)c1C. The predicted molar refractivity (Wildman–Crippen MR) is 44.7 cm³/mol. The number of nitrogen functional groups attached to an aromatic ring is 1. The minimum atomic E-state index is 0.551. The van der Waals surface area contributed by atoms with Gasteiger partial charge in [0.15, 0.2) is 0 Å². The van der Waals surface area contributed by atoms with E-state index in [-0.39, 0.29) is 0 Å². The Balaban J connectivity index is 2.94. The van der Waals surface area contributed by atoms with Gasteiger partial charge in [-0.25, -0.2) is 4.98 Å². The van der Waals surface area contributed by atoms with E-state index in [4.69, 9.17) is 5.73 Å². The molecule has 0 saturated heterocycles. The number of hydrogen-bond acceptors (Lipinski definition) is 4. The summed E-state index contributed by atoms with van der Waals surface area (Å²) >= 11 is 0. The number of fused-ring (bicyclic) bond motifs is 1. The lowest BCUT2D eigenvalue weighted by Gasteiger charge is -2.03. The highest BCUT2D eigenvalue weighted by Crippen LogP contribution is 2.12. The first-order valence-corrected chi connectivity index (χ1v) is 3.62. The van der Waals surface area contributed by atoms with E-state index >= 15 is 0 Å². The smallest absolute Gasteiger partial charge is 0.254 e. The van der Waals surface area contributed by atoms with Crippen LogP contribution in [-0.4, -0.2) is 19.6 Å². The van der Waals surface area contributed by atoms with Gasteiger partial charge in [0.05, 0.1) is 0 Å². The second-order valence-corrected chi connectivity index (χ2v) is 2.68. The molecule has 0 radical (unpaired) electrons. The lowest BCUT2D eigenvalue weighted by Crippen LogP contribution is -2.05. The summed E-state index contributed by atoms with van der Waals surface area (Å²) in [5.74, 6) is 1.16. The average molecular weight is 163 g/mol. The molecule has 2 aromatic rings. The molecule has 12 heavy (non-hydrogen) atoms. The van der Waals surface area contributed by atoms with Crippen LogP contribution in [0.25, 0.3) is 5.78 Å². The quantitative estimate of drug-likeness (QED) is 0.607. The number of aryl methyl sites for hydroxylation is 1. The van der Waals surface area contributed by atoms with Crippen molar-refractivity contribution in [2.75, 3.05) is 5.73 Å². The third kappa shape index (κ3) is 0.761. The molecule has 0 unspecified atom stereocenters. The minimum absolute atomic E-state index is 0.551. The molecule has 2 rings (SSSR count). The molecular weight excluding hydrogens is 154 g/mol. The van der Waals surface area contributed by atoms with Gasteiger partial charge in [0.1, 0.15) is 12.1 Å². The lowest BCUT2D eigenvalue weighted by atomic mass is 10.2. The van der Waals surface area contributed by atoms with Gasteiger partial charge in [-0.05, 0) is 13.8 Å². The van der Waals surface area contributed by atoms with E-state index in [2.05, 4.69) is 15.1 Å². The number of aromatic nitrogens is 4. The molecule has 2 heterocycles. The van der Waals surface area contributed by atoms with Crippen molar-refractivity contribution < 1.29 is 0 Å². The number of hydrogen-bond donors (Lipinski definition) is 1. The molecule has 2 N–H and O–H groups in total. The molecular formula is C7H9N5. The van der Waals surface area contributed by atoms with E-state index in [0.29, 0.717) is 11.6 Å². The number of rotatable bonds is 0. The van der Waals surface area contributed by atoms with Crippen molar-refractivity contribution in [1.82, 2.24) is 19.6 Å². The highest BCUT2D eigenvalue weighted by molar-refractivity contribution is 5.47. The average Bonchev–Trinajstić information content (AvgIpc) is 2.48. The van der Waals surface area contributed by atoms with Crippen LogP contribution in [-0.2, 0) is 0 Å². The summed E-state index contributed by atoms with van der Waals surface area (Å²) in [5, 5.41) is 3.94. The largest absolute Gasteiger partial charge is 0.383 e. The molecule has 0 spiro atoms. The Morgan fingerprint density at radius 1 is 1.42 bits per heavy atom. The standard InChI is InChI=1S/C7H9N5/c1-4-5(2)11-7-9-3-10-12(7)6(4)8/h3H,8H2,1-2H3. The van der Waals surface area contributed by atoms with Crippen LogP contribution in [0.3, 0.4) is 0 Å². The summed E-state index contributed by atoms with van der Waals surface area (Å²) in [6.07, 6.45) is 1.44. The van der Waals surface area contributed by atoms with Crippen molar-refractivity contribution >= 4 is 11.6 Å². The molecule has 0 amide bonds. The molecule has 0 aliphatic carbocycles. The van der Waals surface area contributed by atoms with Gasteiger partial charge in [-0.3, -0.25) is 0 Å². The van der Waals surface area contributed by atoms with E-state index in [1.807, 2.05) is 13.8 Å². The zero-order chi connectivity index (χ0) is 8.72. The Labute approximate surface area is 69.2 Å². The second kappa shape index (κ2) is 2.17. The van der Waals surface area contributed by atoms with Crippen LogP contribution < -0.4 is 5.73 Å². The molecule has 0 saturated carbocycles. The van der Waals surface area contributed by atoms with Gasteiger partial charge in [-0.2, -0.15) is 14.6 Å². The van der Waals surface area contributed by atoms with E-state index < -0.39 is 0 Å². The van der Waals surface area contributed by atoms with Crippen LogP contribution in [0.4, 0.5) is 5.82 Å². The lowest BCUT2D eigenvalue weighted by molar-refractivity contribution is 0.928. The fourth-order valence-electron chi connectivity index (χ4n) is 1.06. The Kier molecular flexibility index (Phi) is 1.27. The highest BCUT2D eigenvalue weighted by Gasteiger charge is 2.06. The maximum atomic E-state index is 5.78. The van der Waals surface area contributed by atoms with Crippen molar-refractivity contribution in [3.63, 3.8) is 0 Å². The Morgan fingerprint density at radius 2 is 2.17 bits per heavy atom. The third-order valence-corrected chi connectivity index (χ3v) is 1.95. The number of anilines is 1. The first kappa shape index (κ1) is 7.02. The summed E-state index contributed by atoms with van der Waals surface area (Å²) in [6.45, 7) is 3.82. The van der Waals surface area contributed by atoms with E-state index in [1.54, 1.807) is 0 Å². The number of nitrogens with two attached hydrogens (primary N) is 1. The van der Waals surface area contributed by atoms with Gasteiger partial charge in [-0.15, -0.1) is 0 Å². The maximum absolute atomic E-state index is 5.78. The summed E-state index contributed by atoms with van der Waals surface area (Å²) in [5.41, 5.74) is 7.63. The zero-order valence-corrected chi connectivity index (χ0v) is 6.94. The van der Waals surface area contributed by atoms with Crippen molar-refractivity contribution in [2.24, 2.45) is 0 Å². The van der Waals surface area contributed by atoms with Crippen molar-refractivity contribution in [2.45, 2.75) is 13.8 Å². The summed E-state index contributed by atoms with van der Waals surface area (Å²) < 4.78 is 1.53. The molecule has 0 aromatic carbocycles. The summed E-state index contributed by atoms with van der Waals surface area (Å²) in [4.78, 5) is 8.15. The molecule has 0 aliphatic rings. The molecule has 0 aliphatic heterocycles. The van der Waals surface area contributed by atoms with Crippen LogP contribution in [0, 0.1) is 13.8 Å². The molecule has 5 heteroatoms. The topological polar surface area (TPSA) is 69.1 Å². The van der Waals surface area contributed by atoms with Crippen molar-refractivity contribution in [3.05, 3.63) is 17.6 Å². The van der Waals surface area contributed by atoms with Gasteiger partial charge in [0, 0.05) is 11.3 Å². The van der Waals surface area contributed by atoms with E-state index in [9.17, 15) is 0 Å². The van der Waals surface area contributed by atoms with Gasteiger partial charge in [0.2, 0.25) is 0 Å². The van der Waals surface area contributed by atoms with Crippen LogP contribution in [0.5, 0.6) is 0 Å². The van der Waals surface area contributed by atoms with Gasteiger partial charge >= 0.3 is 0 Å². The second-order valence-electron chi connectivity index (χ2n) is 2.68. The zero-order valence-electron chi connectivity index (χ0n) is 6.94. The monoisotopic (exact) mass is 163 g/mol. The molecule has 0 bridgehead atoms. The fourth-order valence-corrected chi connectivity index (χ4v) is 1.06. The maximum Gasteiger partial charge on any atom is 0.254 e. The third-order valence-electron chi connectivity index (χ3n) is 1.95. The minimum Gasteiger partial charge on any atom is -0.383 e.